The van der Waals surface area contributed by atoms with E-state index < -0.39 is 0 Å². The molecule has 0 saturated carbocycles. The van der Waals surface area contributed by atoms with Crippen LogP contribution in [0.25, 0.3) is 6.08 Å². The molecular weight excluding hydrogens is 306 g/mol. The maximum Gasteiger partial charge on any atom is 0.0727 e. The largest absolute Gasteiger partial charge is 0.381 e. The van der Waals surface area contributed by atoms with Crippen molar-refractivity contribution in [3.05, 3.63) is 63.4 Å². The summed E-state index contributed by atoms with van der Waals surface area (Å²) in [5.74, 6) is 1.10. The van der Waals surface area contributed by atoms with Gasteiger partial charge in [-0.15, -0.1) is 0 Å². The molecule has 4 rings (SSSR count). The highest BCUT2D eigenvalue weighted by Crippen LogP contribution is 2.41. The molecule has 0 N–H and O–H groups in total. The number of nitrogens with zero attached hydrogens (tertiary/aromatic N) is 1. The van der Waals surface area contributed by atoms with Crippen LogP contribution in [0.3, 0.4) is 0 Å². The Labute approximate surface area is 151 Å². The van der Waals surface area contributed by atoms with Gasteiger partial charge < -0.3 is 9.64 Å². The van der Waals surface area contributed by atoms with Crippen molar-refractivity contribution in [1.29, 1.82) is 0 Å². The lowest BCUT2D eigenvalue weighted by Gasteiger charge is -2.28. The van der Waals surface area contributed by atoms with Crippen LogP contribution in [0.1, 0.15) is 54.9 Å². The first-order chi connectivity index (χ1) is 12.0. The summed E-state index contributed by atoms with van der Waals surface area (Å²) in [4.78, 5) is 2.24. The highest BCUT2D eigenvalue weighted by Gasteiger charge is 2.28. The fourth-order valence-electron chi connectivity index (χ4n) is 4.44. The Morgan fingerprint density at radius 3 is 2.64 bits per heavy atom. The maximum absolute atomic E-state index is 6.13. The first kappa shape index (κ1) is 16.7. The van der Waals surface area contributed by atoms with E-state index in [9.17, 15) is 0 Å². The summed E-state index contributed by atoms with van der Waals surface area (Å²) in [6.07, 6.45) is 10.6. The quantitative estimate of drug-likeness (QED) is 0.749. The number of hydrogen-bond acceptors (Lipinski definition) is 2. The molecule has 132 valence electrons. The Morgan fingerprint density at radius 1 is 1.04 bits per heavy atom. The monoisotopic (exact) mass is 335 g/mol. The second kappa shape index (κ2) is 6.49. The van der Waals surface area contributed by atoms with E-state index in [4.69, 9.17) is 4.74 Å². The molecule has 0 spiro atoms. The Kier molecular flexibility index (Phi) is 4.33. The van der Waals surface area contributed by atoms with E-state index in [0.29, 0.717) is 11.8 Å². The van der Waals surface area contributed by atoms with Crippen LogP contribution in [-0.4, -0.2) is 25.6 Å². The molecule has 1 unspecified atom stereocenters. The number of benzene rings is 1. The first-order valence-corrected chi connectivity index (χ1v) is 9.55. The normalized spacial score (nSPS) is 22.1. The second-order valence-electron chi connectivity index (χ2n) is 8.09. The summed E-state index contributed by atoms with van der Waals surface area (Å²) in [5, 5.41) is 0. The van der Waals surface area contributed by atoms with E-state index >= 15 is 0 Å². The highest BCUT2D eigenvalue weighted by atomic mass is 16.5. The lowest BCUT2D eigenvalue weighted by atomic mass is 9.78. The smallest absolute Gasteiger partial charge is 0.0727 e. The lowest BCUT2D eigenvalue weighted by molar-refractivity contribution is 0.143. The van der Waals surface area contributed by atoms with E-state index in [1.54, 1.807) is 0 Å². The molecule has 3 aliphatic rings. The third kappa shape index (κ3) is 2.97. The number of rotatable bonds is 2. The van der Waals surface area contributed by atoms with E-state index in [1.807, 2.05) is 0 Å². The van der Waals surface area contributed by atoms with Crippen LogP contribution >= 0.6 is 0 Å². The average Bonchev–Trinajstić information content (AvgIpc) is 2.79. The van der Waals surface area contributed by atoms with Gasteiger partial charge in [-0.1, -0.05) is 38.1 Å². The van der Waals surface area contributed by atoms with Crippen molar-refractivity contribution in [1.82, 2.24) is 4.90 Å². The molecule has 0 saturated heterocycles. The highest BCUT2D eigenvalue weighted by molar-refractivity contribution is 5.63. The Hall–Kier alpha value is -1.80. The summed E-state index contributed by atoms with van der Waals surface area (Å²) in [7, 11) is 4.28. The number of allylic oxidation sites excluding steroid dienone is 4. The van der Waals surface area contributed by atoms with Gasteiger partial charge in [0.15, 0.2) is 0 Å². The van der Waals surface area contributed by atoms with Crippen LogP contribution in [0, 0.1) is 5.92 Å². The van der Waals surface area contributed by atoms with Crippen LogP contribution in [0.15, 0.2) is 41.1 Å². The average molecular weight is 335 g/mol. The zero-order valence-electron chi connectivity index (χ0n) is 15.9. The van der Waals surface area contributed by atoms with Crippen molar-refractivity contribution in [2.75, 3.05) is 20.7 Å². The third-order valence-electron chi connectivity index (χ3n) is 5.98. The topological polar surface area (TPSA) is 12.5 Å². The van der Waals surface area contributed by atoms with Gasteiger partial charge in [0.05, 0.1) is 13.2 Å². The predicted octanol–water partition coefficient (Wildman–Crippen LogP) is 5.06. The molecule has 25 heavy (non-hydrogen) atoms. The first-order valence-electron chi connectivity index (χ1n) is 9.55. The molecule has 1 aromatic rings. The molecule has 1 aliphatic heterocycles. The van der Waals surface area contributed by atoms with Crippen molar-refractivity contribution in [3.63, 3.8) is 0 Å². The fraction of sp³-hybridized carbons (Fsp3) is 0.478. The van der Waals surface area contributed by atoms with Crippen LogP contribution in [0.2, 0.25) is 0 Å². The summed E-state index contributed by atoms with van der Waals surface area (Å²) in [6.45, 7) is 6.09. The Bertz CT molecular complexity index is 780. The molecule has 0 radical (unpaired) electrons. The molecule has 1 aromatic carbocycles. The summed E-state index contributed by atoms with van der Waals surface area (Å²) < 4.78 is 6.13. The molecule has 2 aliphatic carbocycles. The summed E-state index contributed by atoms with van der Waals surface area (Å²) in [5.41, 5.74) is 10.2. The second-order valence-corrected chi connectivity index (χ2v) is 8.09. The summed E-state index contributed by atoms with van der Waals surface area (Å²) >= 11 is 0. The predicted molar refractivity (Wildman–Crippen MR) is 104 cm³/mol. The third-order valence-corrected chi connectivity index (χ3v) is 5.98. The van der Waals surface area contributed by atoms with Crippen LogP contribution in [0.4, 0.5) is 0 Å². The van der Waals surface area contributed by atoms with Gasteiger partial charge in [0.2, 0.25) is 0 Å². The van der Waals surface area contributed by atoms with E-state index in [-0.39, 0.29) is 0 Å². The lowest BCUT2D eigenvalue weighted by Crippen LogP contribution is -2.16. The van der Waals surface area contributed by atoms with Crippen LogP contribution in [0.5, 0.6) is 0 Å². The van der Waals surface area contributed by atoms with Gasteiger partial charge >= 0.3 is 0 Å². The molecule has 0 amide bonds. The van der Waals surface area contributed by atoms with Crippen molar-refractivity contribution in [2.45, 2.75) is 45.6 Å². The molecule has 0 fully saturated rings. The number of ether oxygens (including phenoxy) is 1. The van der Waals surface area contributed by atoms with Crippen LogP contribution < -0.4 is 0 Å². The number of fused-ring (bicyclic) bond motifs is 5. The molecular formula is C23H29NO. The Morgan fingerprint density at radius 2 is 1.88 bits per heavy atom. The van der Waals surface area contributed by atoms with Gasteiger partial charge in [0, 0.05) is 25.7 Å². The molecule has 0 bridgehead atoms. The van der Waals surface area contributed by atoms with Crippen molar-refractivity contribution in [2.24, 2.45) is 5.92 Å². The zero-order valence-corrected chi connectivity index (χ0v) is 15.9. The standard InChI is InChI=1S/C23H29NO/c1-15(2)16-5-8-21-18(11-16)13-25-14-23-20-10-7-19(24(3)4)12-17(20)6-9-22(21)23/h5-6,9,11-12,15,21H,7-8,10,13-14H2,1-4H3. The minimum Gasteiger partial charge on any atom is -0.381 e. The molecule has 0 aromatic heterocycles. The molecule has 1 atom stereocenters. The van der Waals surface area contributed by atoms with Gasteiger partial charge in [0.1, 0.15) is 0 Å². The van der Waals surface area contributed by atoms with E-state index in [2.05, 4.69) is 63.2 Å². The van der Waals surface area contributed by atoms with E-state index in [1.165, 1.54) is 39.1 Å². The van der Waals surface area contributed by atoms with Gasteiger partial charge in [-0.25, -0.2) is 0 Å². The minimum absolute atomic E-state index is 0.504. The zero-order chi connectivity index (χ0) is 17.6. The van der Waals surface area contributed by atoms with Crippen molar-refractivity contribution < 1.29 is 4.74 Å². The van der Waals surface area contributed by atoms with E-state index in [0.717, 1.165) is 32.5 Å². The van der Waals surface area contributed by atoms with Gasteiger partial charge in [0.25, 0.3) is 0 Å². The summed E-state index contributed by atoms with van der Waals surface area (Å²) in [6, 6.07) is 4.70. The van der Waals surface area contributed by atoms with Gasteiger partial charge in [-0.3, -0.25) is 0 Å². The molecule has 1 heterocycles. The number of hydrogen-bond donors (Lipinski definition) is 0. The van der Waals surface area contributed by atoms with Crippen molar-refractivity contribution >= 4 is 6.08 Å². The van der Waals surface area contributed by atoms with Crippen LogP contribution in [-0.2, 0) is 17.8 Å². The Balaban J connectivity index is 1.75. The van der Waals surface area contributed by atoms with Gasteiger partial charge in [-0.05, 0) is 64.7 Å². The minimum atomic E-state index is 0.504. The molecule has 2 heteroatoms. The fourth-order valence-corrected chi connectivity index (χ4v) is 4.44. The SMILES string of the molecule is CC(C)C1=CCC2C(=C1)COCc1c2ccc2c1CCC(N(C)C)=C2. The van der Waals surface area contributed by atoms with Gasteiger partial charge in [-0.2, -0.15) is 0 Å². The molecule has 2 nitrogen and oxygen atoms in total. The van der Waals surface area contributed by atoms with Crippen molar-refractivity contribution in [3.8, 4) is 0 Å². The maximum atomic E-state index is 6.13.